The molecule has 3 aliphatic rings. The molecule has 45 heavy (non-hydrogen) atoms. The molecule has 0 radical (unpaired) electrons. The van der Waals surface area contributed by atoms with E-state index >= 15 is 0 Å². The maximum atomic E-state index is 14.0. The zero-order valence-electron chi connectivity index (χ0n) is 25.1. The van der Waals surface area contributed by atoms with Crippen molar-refractivity contribution in [2.75, 3.05) is 4.90 Å². The number of nitro benzene ring substituents is 1. The molecule has 2 amide bonds. The number of aromatic hydroxyl groups is 1. The Morgan fingerprint density at radius 3 is 2.60 bits per heavy atom. The van der Waals surface area contributed by atoms with Gasteiger partial charge in [-0.15, -0.1) is 0 Å². The van der Waals surface area contributed by atoms with Crippen molar-refractivity contribution in [1.29, 1.82) is 0 Å². The molecule has 2 aromatic carbocycles. The molecular formula is C34H34BN3O7. The summed E-state index contributed by atoms with van der Waals surface area (Å²) >= 11 is 0. The number of para-hydroxylation sites is 1. The summed E-state index contributed by atoms with van der Waals surface area (Å²) in [6, 6.07) is 18.3. The number of carbonyl (C=O) groups excluding carboxylic acids is 2. The monoisotopic (exact) mass is 607 g/mol. The van der Waals surface area contributed by atoms with E-state index in [1.165, 1.54) is 24.3 Å². The van der Waals surface area contributed by atoms with Crippen LogP contribution in [0, 0.1) is 33.8 Å². The first kappa shape index (κ1) is 30.4. The molecule has 6 rings (SSSR count). The van der Waals surface area contributed by atoms with Gasteiger partial charge in [-0.05, 0) is 78.9 Å². The molecule has 2 N–H and O–H groups in total. The van der Waals surface area contributed by atoms with Crippen molar-refractivity contribution in [3.05, 3.63) is 105 Å². The van der Waals surface area contributed by atoms with Gasteiger partial charge in [0.05, 0.1) is 34.2 Å². The molecule has 11 heteroatoms. The van der Waals surface area contributed by atoms with E-state index in [0.29, 0.717) is 24.8 Å². The minimum atomic E-state index is -1.13. The molecule has 4 atom stereocenters. The third-order valence-corrected chi connectivity index (χ3v) is 9.18. The number of imide groups is 1. The summed E-state index contributed by atoms with van der Waals surface area (Å²) in [5.74, 6) is -2.32. The van der Waals surface area contributed by atoms with Gasteiger partial charge in [0.25, 0.3) is 5.69 Å². The number of non-ortho nitro benzene ring substituents is 1. The van der Waals surface area contributed by atoms with E-state index in [9.17, 15) is 29.8 Å². The highest BCUT2D eigenvalue weighted by Gasteiger charge is 2.58. The van der Waals surface area contributed by atoms with E-state index in [0.717, 1.165) is 27.3 Å². The number of fused-ring (bicyclic) bond motifs is 3. The molecule has 2 saturated heterocycles. The van der Waals surface area contributed by atoms with E-state index in [4.69, 9.17) is 4.65 Å². The molecule has 1 aliphatic carbocycles. The molecule has 3 heterocycles. The first-order chi connectivity index (χ1) is 21.6. The Morgan fingerprint density at radius 2 is 1.89 bits per heavy atom. The Bertz CT molecular complexity index is 1710. The first-order valence-electron chi connectivity index (χ1n) is 15.2. The van der Waals surface area contributed by atoms with Crippen LogP contribution in [0.4, 0.5) is 11.4 Å². The third-order valence-electron chi connectivity index (χ3n) is 9.18. The molecule has 0 unspecified atom stereocenters. The maximum Gasteiger partial charge on any atom is 0.455 e. The van der Waals surface area contributed by atoms with Crippen molar-refractivity contribution in [3.8, 4) is 5.75 Å². The van der Waals surface area contributed by atoms with Crippen molar-refractivity contribution in [2.45, 2.75) is 45.5 Å². The van der Waals surface area contributed by atoms with Gasteiger partial charge >= 0.3 is 7.12 Å². The van der Waals surface area contributed by atoms with Crippen LogP contribution in [0.1, 0.15) is 44.4 Å². The molecule has 1 aromatic heterocycles. The molecule has 230 valence electrons. The highest BCUT2D eigenvalue weighted by Crippen LogP contribution is 2.52. The highest BCUT2D eigenvalue weighted by molar-refractivity contribution is 6.43. The third kappa shape index (κ3) is 5.81. The number of aromatic nitrogens is 1. The Kier molecular flexibility index (Phi) is 8.39. The predicted octanol–water partition coefficient (Wildman–Crippen LogP) is 5.67. The highest BCUT2D eigenvalue weighted by atomic mass is 16.6. The number of rotatable bonds is 8. The number of nitrogens with zero attached hydrogens (tertiary/aromatic N) is 3. The summed E-state index contributed by atoms with van der Waals surface area (Å²) in [5.41, 5.74) is 4.26. The number of phenolic OH excluding ortho intramolecular Hbond substituents is 1. The smallest absolute Gasteiger partial charge is 0.455 e. The lowest BCUT2D eigenvalue weighted by atomic mass is 9.57. The Balaban J connectivity index is 1.34. The maximum absolute atomic E-state index is 14.0. The minimum Gasteiger partial charge on any atom is -0.507 e. The molecule has 3 aromatic rings. The fourth-order valence-corrected chi connectivity index (χ4v) is 7.16. The number of hydrogen-bond acceptors (Lipinski definition) is 8. The zero-order valence-corrected chi connectivity index (χ0v) is 25.1. The second kappa shape index (κ2) is 12.4. The van der Waals surface area contributed by atoms with Crippen molar-refractivity contribution in [1.82, 2.24) is 4.98 Å². The number of phenols is 1. The van der Waals surface area contributed by atoms with Crippen molar-refractivity contribution < 1.29 is 29.3 Å². The first-order valence-corrected chi connectivity index (χ1v) is 15.2. The SMILES string of the molecule is CC(C)C1=C2[C@@H](CC/C(=C/c3ccccc3O)c3ccccn3)OB(O)C[C@@H]2[C@@H]2C(=O)N(c3cccc([N+](=O)[O-])c3)C(=O)[C@@H]2C1. The quantitative estimate of drug-likeness (QED) is 0.110. The van der Waals surface area contributed by atoms with Crippen LogP contribution in [0.15, 0.2) is 84.1 Å². The second-order valence-corrected chi connectivity index (χ2v) is 12.2. The number of anilines is 1. The van der Waals surface area contributed by atoms with Crippen LogP contribution in [0.5, 0.6) is 5.75 Å². The molecule has 2 aliphatic heterocycles. The lowest BCUT2D eigenvalue weighted by Gasteiger charge is -2.44. The van der Waals surface area contributed by atoms with Crippen LogP contribution >= 0.6 is 0 Å². The van der Waals surface area contributed by atoms with Crippen LogP contribution in [-0.4, -0.2) is 45.1 Å². The molecule has 10 nitrogen and oxygen atoms in total. The molecule has 0 spiro atoms. The van der Waals surface area contributed by atoms with Crippen LogP contribution in [-0.2, 0) is 14.2 Å². The summed E-state index contributed by atoms with van der Waals surface area (Å²) < 4.78 is 6.18. The van der Waals surface area contributed by atoms with Gasteiger partial charge in [0, 0.05) is 23.9 Å². The van der Waals surface area contributed by atoms with E-state index in [1.807, 2.05) is 36.4 Å². The fraction of sp³-hybridized carbons (Fsp3) is 0.324. The standard InChI is InChI=1S/C34H34BN3O7/c1-20(2)25-18-26-32(34(41)37(33(26)40)23-9-7-10-24(17-23)38(43)44)27-19-35(42)45-30(31(25)27)14-13-21(28-11-5-6-15-36-28)16-22-8-3-4-12-29(22)39/h3-12,15-17,20,26-27,30,32,39,42H,13-14,18-19H2,1-2H3/b21-16-/t26-,27+,30-,32-/m1/s1. The van der Waals surface area contributed by atoms with Gasteiger partial charge in [-0.1, -0.05) is 49.8 Å². The molecule has 0 bridgehead atoms. The molecule has 2 fully saturated rings. The second-order valence-electron chi connectivity index (χ2n) is 12.2. The predicted molar refractivity (Wildman–Crippen MR) is 170 cm³/mol. The largest absolute Gasteiger partial charge is 0.507 e. The number of benzene rings is 2. The van der Waals surface area contributed by atoms with E-state index < -0.39 is 41.8 Å². The van der Waals surface area contributed by atoms with Crippen LogP contribution in [0.2, 0.25) is 6.32 Å². The molecular weight excluding hydrogens is 573 g/mol. The van der Waals surface area contributed by atoms with Gasteiger partial charge in [-0.2, -0.15) is 0 Å². The summed E-state index contributed by atoms with van der Waals surface area (Å²) in [7, 11) is -1.13. The Hall–Kier alpha value is -4.61. The Labute approximate surface area is 261 Å². The van der Waals surface area contributed by atoms with Crippen LogP contribution in [0.25, 0.3) is 11.6 Å². The number of allylic oxidation sites excluding steroid dienone is 2. The van der Waals surface area contributed by atoms with Gasteiger partial charge in [0.15, 0.2) is 0 Å². The summed E-state index contributed by atoms with van der Waals surface area (Å²) in [4.78, 5) is 44.3. The van der Waals surface area contributed by atoms with Gasteiger partial charge in [0.1, 0.15) is 5.75 Å². The molecule has 0 saturated carbocycles. The number of hydrogen-bond donors (Lipinski definition) is 2. The summed E-state index contributed by atoms with van der Waals surface area (Å²) in [6.07, 6.45) is 4.63. The van der Waals surface area contributed by atoms with Crippen LogP contribution in [0.3, 0.4) is 0 Å². The van der Waals surface area contributed by atoms with Crippen molar-refractivity contribution >= 4 is 42.0 Å². The topological polar surface area (TPSA) is 143 Å². The van der Waals surface area contributed by atoms with Crippen molar-refractivity contribution in [2.24, 2.45) is 23.7 Å². The lowest BCUT2D eigenvalue weighted by molar-refractivity contribution is -0.384. The number of amides is 2. The summed E-state index contributed by atoms with van der Waals surface area (Å²) in [5, 5.41) is 32.8. The van der Waals surface area contributed by atoms with Gasteiger partial charge in [0.2, 0.25) is 11.8 Å². The van der Waals surface area contributed by atoms with Crippen molar-refractivity contribution in [3.63, 3.8) is 0 Å². The van der Waals surface area contributed by atoms with Gasteiger partial charge in [-0.3, -0.25) is 24.7 Å². The Morgan fingerprint density at radius 1 is 1.11 bits per heavy atom. The zero-order chi connectivity index (χ0) is 31.8. The fourth-order valence-electron chi connectivity index (χ4n) is 7.16. The van der Waals surface area contributed by atoms with Crippen LogP contribution < -0.4 is 4.90 Å². The minimum absolute atomic E-state index is 0.0617. The van der Waals surface area contributed by atoms with E-state index in [-0.39, 0.29) is 35.3 Å². The average molecular weight is 607 g/mol. The number of carbonyl (C=O) groups is 2. The van der Waals surface area contributed by atoms with E-state index in [2.05, 4.69) is 18.8 Å². The van der Waals surface area contributed by atoms with Gasteiger partial charge in [-0.25, -0.2) is 4.90 Å². The van der Waals surface area contributed by atoms with Gasteiger partial charge < -0.3 is 14.8 Å². The average Bonchev–Trinajstić information content (AvgIpc) is 3.28. The number of pyridine rings is 1. The lowest BCUT2D eigenvalue weighted by Crippen LogP contribution is -2.46. The normalized spacial score (nSPS) is 23.4. The number of nitro groups is 1. The summed E-state index contributed by atoms with van der Waals surface area (Å²) in [6.45, 7) is 4.11. The van der Waals surface area contributed by atoms with E-state index in [1.54, 1.807) is 18.3 Å².